The number of benzene rings is 3. The van der Waals surface area contributed by atoms with Crippen LogP contribution in [0.4, 0.5) is 0 Å². The van der Waals surface area contributed by atoms with E-state index >= 15 is 0 Å². The van der Waals surface area contributed by atoms with E-state index in [2.05, 4.69) is 54.6 Å². The number of hydrogen-bond acceptors (Lipinski definition) is 2. The minimum absolute atomic E-state index is 0.136. The lowest BCUT2D eigenvalue weighted by Crippen LogP contribution is -2.11. The maximum absolute atomic E-state index is 11.5. The Morgan fingerprint density at radius 3 is 2.36 bits per heavy atom. The molecule has 0 aromatic heterocycles. The number of carbonyl (C=O) groups excluding carboxylic acids is 1. The monoisotopic (exact) mass is 366 g/mol. The van der Waals surface area contributed by atoms with Crippen molar-refractivity contribution in [2.75, 3.05) is 6.61 Å². The lowest BCUT2D eigenvalue weighted by atomic mass is 9.87. The van der Waals surface area contributed by atoms with Crippen molar-refractivity contribution < 1.29 is 9.53 Å². The normalized spacial score (nSPS) is 13.3. The van der Waals surface area contributed by atoms with Crippen molar-refractivity contribution in [2.45, 2.75) is 13.3 Å². The Morgan fingerprint density at radius 1 is 0.893 bits per heavy atom. The van der Waals surface area contributed by atoms with Crippen LogP contribution in [-0.4, -0.2) is 12.4 Å². The summed E-state index contributed by atoms with van der Waals surface area (Å²) in [5.41, 5.74) is 6.83. The fourth-order valence-electron chi connectivity index (χ4n) is 3.45. The summed E-state index contributed by atoms with van der Waals surface area (Å²) in [4.78, 5) is 11.5. The van der Waals surface area contributed by atoms with Gasteiger partial charge in [-0.15, -0.1) is 0 Å². The van der Waals surface area contributed by atoms with Gasteiger partial charge < -0.3 is 4.74 Å². The number of fused-ring (bicyclic) bond motifs is 1. The van der Waals surface area contributed by atoms with E-state index in [0.717, 1.165) is 22.4 Å². The molecular weight excluding hydrogens is 344 g/mol. The van der Waals surface area contributed by atoms with Crippen LogP contribution in [0.5, 0.6) is 5.75 Å². The zero-order valence-electron chi connectivity index (χ0n) is 15.9. The molecule has 0 amide bonds. The van der Waals surface area contributed by atoms with Crippen molar-refractivity contribution in [2.24, 2.45) is 0 Å². The van der Waals surface area contributed by atoms with Crippen LogP contribution >= 0.6 is 0 Å². The van der Waals surface area contributed by atoms with Crippen molar-refractivity contribution in [1.29, 1.82) is 0 Å². The van der Waals surface area contributed by atoms with Gasteiger partial charge in [0.25, 0.3) is 0 Å². The molecule has 0 bridgehead atoms. The van der Waals surface area contributed by atoms with Crippen LogP contribution in [0.1, 0.15) is 35.6 Å². The van der Waals surface area contributed by atoms with Crippen LogP contribution in [0, 0.1) is 0 Å². The van der Waals surface area contributed by atoms with Crippen molar-refractivity contribution in [3.8, 4) is 5.75 Å². The van der Waals surface area contributed by atoms with Crippen molar-refractivity contribution in [3.63, 3.8) is 0 Å². The molecule has 0 spiro atoms. The number of rotatable bonds is 5. The molecule has 3 aromatic rings. The maximum Gasteiger partial charge on any atom is 0.155 e. The van der Waals surface area contributed by atoms with Crippen LogP contribution in [-0.2, 0) is 4.79 Å². The molecule has 1 aliphatic rings. The number of ether oxygens (including phenoxy) is 1. The van der Waals surface area contributed by atoms with Gasteiger partial charge in [0.05, 0.1) is 0 Å². The van der Waals surface area contributed by atoms with E-state index in [0.29, 0.717) is 13.0 Å². The summed E-state index contributed by atoms with van der Waals surface area (Å²) in [5.74, 6) is 1.05. The van der Waals surface area contributed by atoms with Gasteiger partial charge in [0.2, 0.25) is 0 Å². The van der Waals surface area contributed by atoms with Gasteiger partial charge in [-0.2, -0.15) is 0 Å². The molecule has 0 saturated heterocycles. The summed E-state index contributed by atoms with van der Waals surface area (Å²) in [6.45, 7) is 2.42. The third-order valence-electron chi connectivity index (χ3n) is 4.96. The van der Waals surface area contributed by atoms with E-state index < -0.39 is 0 Å². The second-order valence-corrected chi connectivity index (χ2v) is 6.78. The Morgan fingerprint density at radius 2 is 1.61 bits per heavy atom. The quantitative estimate of drug-likeness (QED) is 0.515. The Labute approximate surface area is 165 Å². The van der Waals surface area contributed by atoms with Gasteiger partial charge in [0.15, 0.2) is 5.78 Å². The molecule has 0 fully saturated rings. The molecule has 0 N–H and O–H groups in total. The first kappa shape index (κ1) is 18.0. The molecule has 1 heterocycles. The predicted octanol–water partition coefficient (Wildman–Crippen LogP) is 6.03. The molecule has 2 nitrogen and oxygen atoms in total. The SMILES string of the molecule is CCC(=O)/C=C/c1ccc(C2=C(c3ccccc3)COc3ccccc32)cc1. The Bertz CT molecular complexity index is 1040. The summed E-state index contributed by atoms with van der Waals surface area (Å²) in [6.07, 6.45) is 4.05. The van der Waals surface area contributed by atoms with Gasteiger partial charge in [-0.05, 0) is 34.4 Å². The number of para-hydroxylation sites is 1. The standard InChI is InChI=1S/C26H22O2/c1-2-22(27)17-14-19-12-15-21(16-13-19)26-23-10-6-7-11-25(23)28-18-24(26)20-8-4-3-5-9-20/h3-17H,2,18H2,1H3/b17-14+. The minimum atomic E-state index is 0.136. The summed E-state index contributed by atoms with van der Waals surface area (Å²) >= 11 is 0. The highest BCUT2D eigenvalue weighted by atomic mass is 16.5. The predicted molar refractivity (Wildman–Crippen MR) is 115 cm³/mol. The molecule has 138 valence electrons. The number of hydrogen-bond donors (Lipinski definition) is 0. The number of allylic oxidation sites excluding steroid dienone is 1. The highest BCUT2D eigenvalue weighted by molar-refractivity contribution is 6.01. The second-order valence-electron chi connectivity index (χ2n) is 6.78. The van der Waals surface area contributed by atoms with Crippen LogP contribution in [0.2, 0.25) is 0 Å². The van der Waals surface area contributed by atoms with E-state index in [9.17, 15) is 4.79 Å². The second kappa shape index (κ2) is 8.10. The first-order valence-corrected chi connectivity index (χ1v) is 9.58. The minimum Gasteiger partial charge on any atom is -0.488 e. The lowest BCUT2D eigenvalue weighted by molar-refractivity contribution is -0.114. The number of ketones is 1. The molecule has 0 radical (unpaired) electrons. The Balaban J connectivity index is 1.80. The van der Waals surface area contributed by atoms with E-state index in [1.165, 1.54) is 16.7 Å². The van der Waals surface area contributed by atoms with Crippen molar-refractivity contribution in [1.82, 2.24) is 0 Å². The molecular formula is C26H22O2. The third-order valence-corrected chi connectivity index (χ3v) is 4.96. The first-order valence-electron chi connectivity index (χ1n) is 9.58. The average Bonchev–Trinajstić information content (AvgIpc) is 2.77. The van der Waals surface area contributed by atoms with Crippen LogP contribution in [0.25, 0.3) is 17.2 Å². The van der Waals surface area contributed by atoms with Gasteiger partial charge in [-0.1, -0.05) is 85.8 Å². The van der Waals surface area contributed by atoms with E-state index in [4.69, 9.17) is 4.74 Å². The van der Waals surface area contributed by atoms with Gasteiger partial charge in [-0.25, -0.2) is 0 Å². The van der Waals surface area contributed by atoms with Gasteiger partial charge in [0.1, 0.15) is 12.4 Å². The Kier molecular flexibility index (Phi) is 5.20. The molecule has 3 aromatic carbocycles. The zero-order chi connectivity index (χ0) is 19.3. The van der Waals surface area contributed by atoms with Crippen LogP contribution in [0.15, 0.2) is 84.9 Å². The smallest absolute Gasteiger partial charge is 0.155 e. The first-order chi connectivity index (χ1) is 13.8. The molecule has 4 rings (SSSR count). The highest BCUT2D eigenvalue weighted by Crippen LogP contribution is 2.40. The number of carbonyl (C=O) groups is 1. The van der Waals surface area contributed by atoms with E-state index in [-0.39, 0.29) is 5.78 Å². The molecule has 0 unspecified atom stereocenters. The van der Waals surface area contributed by atoms with Gasteiger partial charge >= 0.3 is 0 Å². The fraction of sp³-hybridized carbons (Fsp3) is 0.115. The van der Waals surface area contributed by atoms with Gasteiger partial charge in [-0.3, -0.25) is 4.79 Å². The fourth-order valence-corrected chi connectivity index (χ4v) is 3.45. The van der Waals surface area contributed by atoms with E-state index in [1.807, 2.05) is 37.3 Å². The molecule has 0 atom stereocenters. The average molecular weight is 366 g/mol. The summed E-state index contributed by atoms with van der Waals surface area (Å²) in [7, 11) is 0. The summed E-state index contributed by atoms with van der Waals surface area (Å²) in [5, 5.41) is 0. The van der Waals surface area contributed by atoms with Crippen LogP contribution < -0.4 is 4.74 Å². The molecule has 2 heteroatoms. The van der Waals surface area contributed by atoms with Crippen molar-refractivity contribution in [3.05, 3.63) is 107 Å². The Hall–Kier alpha value is -3.39. The molecule has 0 aliphatic carbocycles. The zero-order valence-corrected chi connectivity index (χ0v) is 15.9. The highest BCUT2D eigenvalue weighted by Gasteiger charge is 2.22. The lowest BCUT2D eigenvalue weighted by Gasteiger charge is -2.25. The van der Waals surface area contributed by atoms with E-state index in [1.54, 1.807) is 6.08 Å². The molecule has 28 heavy (non-hydrogen) atoms. The summed E-state index contributed by atoms with van der Waals surface area (Å²) in [6, 6.07) is 26.9. The van der Waals surface area contributed by atoms with Gasteiger partial charge in [0, 0.05) is 17.6 Å². The summed E-state index contributed by atoms with van der Waals surface area (Å²) < 4.78 is 6.04. The molecule has 1 aliphatic heterocycles. The van der Waals surface area contributed by atoms with Crippen molar-refractivity contribution >= 4 is 23.0 Å². The molecule has 0 saturated carbocycles. The maximum atomic E-state index is 11.5. The topological polar surface area (TPSA) is 26.3 Å². The third kappa shape index (κ3) is 3.67. The largest absolute Gasteiger partial charge is 0.488 e. The van der Waals surface area contributed by atoms with Crippen LogP contribution in [0.3, 0.4) is 0 Å².